The maximum atomic E-state index is 12.2. The first-order chi connectivity index (χ1) is 9.90. The maximum absolute atomic E-state index is 12.2. The third-order valence-electron chi connectivity index (χ3n) is 2.98. The summed E-state index contributed by atoms with van der Waals surface area (Å²) in [5, 5.41) is 7.32. The summed E-state index contributed by atoms with van der Waals surface area (Å²) in [6.07, 6.45) is 0.570. The number of sulfone groups is 1. The van der Waals surface area contributed by atoms with Crippen LogP contribution in [0.4, 0.5) is 0 Å². The number of nitrogens with zero attached hydrogens (tertiary/aromatic N) is 2. The van der Waals surface area contributed by atoms with Crippen molar-refractivity contribution >= 4 is 33.8 Å². The van der Waals surface area contributed by atoms with Crippen LogP contribution in [-0.2, 0) is 22.0 Å². The molecule has 1 N–H and O–H groups in total. The Morgan fingerprint density at radius 3 is 2.55 bits per heavy atom. The molecule has 0 aliphatic rings. The minimum Gasteiger partial charge on any atom is -0.338 e. The van der Waals surface area contributed by atoms with Crippen LogP contribution in [0.1, 0.15) is 18.6 Å². The molecule has 1 unspecified atom stereocenters. The molecule has 2 rings (SSSR count). The number of rotatable bonds is 6. The van der Waals surface area contributed by atoms with E-state index in [0.717, 1.165) is 0 Å². The van der Waals surface area contributed by atoms with Crippen LogP contribution in [0.25, 0.3) is 0 Å². The van der Waals surface area contributed by atoms with Crippen LogP contribution in [0.15, 0.2) is 33.7 Å². The van der Waals surface area contributed by atoms with Crippen molar-refractivity contribution in [3.63, 3.8) is 0 Å². The van der Waals surface area contributed by atoms with E-state index in [0.29, 0.717) is 17.3 Å². The average molecular weight is 366 g/mol. The summed E-state index contributed by atoms with van der Waals surface area (Å²) < 4.78 is 29.4. The van der Waals surface area contributed by atoms with Crippen LogP contribution < -0.4 is 5.32 Å². The van der Waals surface area contributed by atoms with Crippen molar-refractivity contribution in [2.75, 3.05) is 7.05 Å². The fraction of sp³-hybridized carbons (Fsp3) is 0.385. The fourth-order valence-electron chi connectivity index (χ4n) is 1.70. The van der Waals surface area contributed by atoms with Gasteiger partial charge in [-0.25, -0.2) is 8.42 Å². The second-order valence-electron chi connectivity index (χ2n) is 4.71. The van der Waals surface area contributed by atoms with Gasteiger partial charge < -0.3 is 9.84 Å². The lowest BCUT2D eigenvalue weighted by molar-refractivity contribution is 0.380. The standard InChI is InChI=1S/C13H16ClN3O3S.ClH/c1-9(15-2)7-12-16-13(20-17-12)8-21(18,19)11-5-3-10(14)4-6-11;/h3-6,9,15H,7-8H2,1-2H3;1H. The summed E-state index contributed by atoms with van der Waals surface area (Å²) in [7, 11) is -1.69. The van der Waals surface area contributed by atoms with Gasteiger partial charge in [0.1, 0.15) is 5.75 Å². The normalized spacial score (nSPS) is 12.7. The van der Waals surface area contributed by atoms with Gasteiger partial charge in [-0.1, -0.05) is 16.8 Å². The molecule has 1 heterocycles. The number of nitrogens with one attached hydrogen (secondary N) is 1. The second-order valence-corrected chi connectivity index (χ2v) is 7.14. The van der Waals surface area contributed by atoms with Crippen LogP contribution in [-0.4, -0.2) is 31.6 Å². The van der Waals surface area contributed by atoms with Gasteiger partial charge in [-0.15, -0.1) is 12.4 Å². The number of halogens is 2. The van der Waals surface area contributed by atoms with Crippen molar-refractivity contribution in [1.29, 1.82) is 0 Å². The SMILES string of the molecule is CNC(C)Cc1noc(CS(=O)(=O)c2ccc(Cl)cc2)n1.Cl. The summed E-state index contributed by atoms with van der Waals surface area (Å²) in [5.74, 6) is 0.247. The fourth-order valence-corrected chi connectivity index (χ4v) is 2.98. The molecule has 9 heteroatoms. The molecule has 0 aliphatic heterocycles. The summed E-state index contributed by atoms with van der Waals surface area (Å²) in [6.45, 7) is 1.97. The van der Waals surface area contributed by atoms with Crippen LogP contribution in [0.3, 0.4) is 0 Å². The van der Waals surface area contributed by atoms with Crippen molar-refractivity contribution < 1.29 is 12.9 Å². The molecule has 0 spiro atoms. The van der Waals surface area contributed by atoms with E-state index >= 15 is 0 Å². The van der Waals surface area contributed by atoms with Crippen molar-refractivity contribution in [2.24, 2.45) is 0 Å². The minimum atomic E-state index is -3.52. The zero-order valence-corrected chi connectivity index (χ0v) is 14.5. The second kappa shape index (κ2) is 7.92. The first kappa shape index (κ1) is 18.9. The van der Waals surface area contributed by atoms with Crippen molar-refractivity contribution in [1.82, 2.24) is 15.5 Å². The highest BCUT2D eigenvalue weighted by Crippen LogP contribution is 2.18. The Morgan fingerprint density at radius 1 is 1.32 bits per heavy atom. The van der Waals surface area contributed by atoms with Crippen molar-refractivity contribution in [3.05, 3.63) is 41.0 Å². The molecular formula is C13H17Cl2N3O3S. The Labute approximate surface area is 140 Å². The molecule has 0 amide bonds. The van der Waals surface area contributed by atoms with E-state index in [1.807, 2.05) is 14.0 Å². The van der Waals surface area contributed by atoms with E-state index in [-0.39, 0.29) is 35.0 Å². The predicted octanol–water partition coefficient (Wildman–Crippen LogP) is 2.27. The molecule has 0 fully saturated rings. The Morgan fingerprint density at radius 2 is 1.95 bits per heavy atom. The van der Waals surface area contributed by atoms with Gasteiger partial charge >= 0.3 is 0 Å². The lowest BCUT2D eigenvalue weighted by atomic mass is 10.2. The van der Waals surface area contributed by atoms with Gasteiger partial charge in [-0.3, -0.25) is 0 Å². The number of hydrogen-bond donors (Lipinski definition) is 1. The van der Waals surface area contributed by atoms with E-state index < -0.39 is 9.84 Å². The number of hydrogen-bond acceptors (Lipinski definition) is 6. The average Bonchev–Trinajstić information content (AvgIpc) is 2.85. The van der Waals surface area contributed by atoms with E-state index in [9.17, 15) is 8.42 Å². The number of benzene rings is 1. The van der Waals surface area contributed by atoms with E-state index in [1.54, 1.807) is 0 Å². The van der Waals surface area contributed by atoms with Gasteiger partial charge in [0.2, 0.25) is 5.89 Å². The lowest BCUT2D eigenvalue weighted by Crippen LogP contribution is -2.24. The minimum absolute atomic E-state index is 0. The van der Waals surface area contributed by atoms with Gasteiger partial charge in [0.25, 0.3) is 0 Å². The molecule has 0 saturated heterocycles. The molecule has 1 aromatic heterocycles. The molecule has 0 bridgehead atoms. The Hall–Kier alpha value is -1.15. The smallest absolute Gasteiger partial charge is 0.242 e. The van der Waals surface area contributed by atoms with E-state index in [1.165, 1.54) is 24.3 Å². The topological polar surface area (TPSA) is 85.1 Å². The Balaban J connectivity index is 0.00000242. The molecule has 2 aromatic rings. The molecule has 1 aromatic carbocycles. The van der Waals surface area contributed by atoms with E-state index in [2.05, 4.69) is 15.5 Å². The molecular weight excluding hydrogens is 349 g/mol. The van der Waals surface area contributed by atoms with Gasteiger partial charge in [0.05, 0.1) is 4.90 Å². The number of likely N-dealkylation sites (N-methyl/N-ethyl adjacent to an activating group) is 1. The van der Waals surface area contributed by atoms with Crippen LogP contribution in [0.5, 0.6) is 0 Å². The highest BCUT2D eigenvalue weighted by Gasteiger charge is 2.20. The third-order valence-corrected chi connectivity index (χ3v) is 4.85. The first-order valence-electron chi connectivity index (χ1n) is 6.38. The van der Waals surface area contributed by atoms with Gasteiger partial charge in [-0.2, -0.15) is 4.98 Å². The highest BCUT2D eigenvalue weighted by molar-refractivity contribution is 7.90. The van der Waals surface area contributed by atoms with Gasteiger partial charge in [-0.05, 0) is 38.2 Å². The highest BCUT2D eigenvalue weighted by atomic mass is 35.5. The van der Waals surface area contributed by atoms with Crippen LogP contribution in [0, 0.1) is 0 Å². The lowest BCUT2D eigenvalue weighted by Gasteiger charge is -2.04. The summed E-state index contributed by atoms with van der Waals surface area (Å²) in [5.41, 5.74) is 0. The largest absolute Gasteiger partial charge is 0.338 e. The Bertz CT molecular complexity index is 702. The first-order valence-corrected chi connectivity index (χ1v) is 8.41. The zero-order valence-electron chi connectivity index (χ0n) is 12.1. The summed E-state index contributed by atoms with van der Waals surface area (Å²) in [4.78, 5) is 4.28. The maximum Gasteiger partial charge on any atom is 0.242 e. The monoisotopic (exact) mass is 365 g/mol. The third kappa shape index (κ3) is 4.95. The van der Waals surface area contributed by atoms with Gasteiger partial charge in [0, 0.05) is 17.5 Å². The molecule has 22 heavy (non-hydrogen) atoms. The molecule has 0 radical (unpaired) electrons. The molecule has 1 atom stereocenters. The van der Waals surface area contributed by atoms with Gasteiger partial charge in [0.15, 0.2) is 15.7 Å². The number of aromatic nitrogens is 2. The van der Waals surface area contributed by atoms with Crippen molar-refractivity contribution in [3.8, 4) is 0 Å². The zero-order chi connectivity index (χ0) is 15.5. The predicted molar refractivity (Wildman–Crippen MR) is 86.1 cm³/mol. The quantitative estimate of drug-likeness (QED) is 0.844. The van der Waals surface area contributed by atoms with Crippen molar-refractivity contribution in [2.45, 2.75) is 30.0 Å². The summed E-state index contributed by atoms with van der Waals surface area (Å²) in [6, 6.07) is 6.16. The Kier molecular flexibility index (Phi) is 6.80. The molecule has 6 nitrogen and oxygen atoms in total. The molecule has 122 valence electrons. The van der Waals surface area contributed by atoms with Crippen LogP contribution in [0.2, 0.25) is 5.02 Å². The molecule has 0 saturated carbocycles. The molecule has 0 aliphatic carbocycles. The van der Waals surface area contributed by atoms with Crippen LogP contribution >= 0.6 is 24.0 Å². The van der Waals surface area contributed by atoms with E-state index in [4.69, 9.17) is 16.1 Å². The summed E-state index contributed by atoms with van der Waals surface area (Å²) >= 11 is 5.75.